The highest BCUT2D eigenvalue weighted by Gasteiger charge is 2.50. The smallest absolute Gasteiger partial charge is 0.230 e. The predicted octanol–water partition coefficient (Wildman–Crippen LogP) is 1.79. The van der Waals surface area contributed by atoms with Gasteiger partial charge in [-0.15, -0.1) is 0 Å². The number of hydrogen-bond donors (Lipinski definition) is 0. The highest BCUT2D eigenvalue weighted by atomic mass is 32.2. The summed E-state index contributed by atoms with van der Waals surface area (Å²) in [5.74, 6) is 0.387. The van der Waals surface area contributed by atoms with E-state index in [1.165, 1.54) is 0 Å². The molecule has 2 heterocycles. The van der Waals surface area contributed by atoms with Gasteiger partial charge in [0, 0.05) is 26.2 Å². The molecule has 2 aliphatic heterocycles. The Morgan fingerprint density at radius 3 is 2.50 bits per heavy atom. The van der Waals surface area contributed by atoms with Crippen molar-refractivity contribution in [3.63, 3.8) is 0 Å². The monoisotopic (exact) mass is 350 g/mol. The molecule has 2 aliphatic rings. The van der Waals surface area contributed by atoms with Crippen LogP contribution in [0.3, 0.4) is 0 Å². The predicted molar refractivity (Wildman–Crippen MR) is 93.5 cm³/mol. The molecule has 1 spiro atoms. The first kappa shape index (κ1) is 17.4. The Hall–Kier alpha value is -1.40. The minimum absolute atomic E-state index is 0.111. The Labute approximate surface area is 144 Å². The van der Waals surface area contributed by atoms with Crippen molar-refractivity contribution in [3.05, 3.63) is 30.3 Å². The second kappa shape index (κ2) is 6.84. The van der Waals surface area contributed by atoms with E-state index < -0.39 is 9.84 Å². The molecular formula is C18H26N2O3S. The van der Waals surface area contributed by atoms with E-state index in [2.05, 4.69) is 11.8 Å². The van der Waals surface area contributed by atoms with Crippen molar-refractivity contribution in [2.75, 3.05) is 38.5 Å². The average Bonchev–Trinajstić information content (AvgIpc) is 3.14. The highest BCUT2D eigenvalue weighted by Crippen LogP contribution is 2.40. The zero-order valence-corrected chi connectivity index (χ0v) is 15.1. The van der Waals surface area contributed by atoms with Crippen LogP contribution < -0.4 is 0 Å². The lowest BCUT2D eigenvalue weighted by molar-refractivity contribution is -0.135. The zero-order chi connectivity index (χ0) is 17.2. The lowest BCUT2D eigenvalue weighted by Crippen LogP contribution is -2.38. The zero-order valence-electron chi connectivity index (χ0n) is 14.3. The average molecular weight is 350 g/mol. The van der Waals surface area contributed by atoms with Gasteiger partial charge in [0.15, 0.2) is 9.84 Å². The Kier molecular flexibility index (Phi) is 4.97. The van der Waals surface area contributed by atoms with E-state index >= 15 is 0 Å². The summed E-state index contributed by atoms with van der Waals surface area (Å²) in [6.07, 6.45) is 2.76. The minimum Gasteiger partial charge on any atom is -0.342 e. The maximum absolute atomic E-state index is 12.7. The fourth-order valence-electron chi connectivity index (χ4n) is 3.90. The molecular weight excluding hydrogens is 324 g/mol. The molecule has 0 bridgehead atoms. The summed E-state index contributed by atoms with van der Waals surface area (Å²) in [6, 6.07) is 8.60. The molecule has 1 unspecified atom stereocenters. The first-order chi connectivity index (χ1) is 11.5. The molecule has 0 N–H and O–H groups in total. The van der Waals surface area contributed by atoms with Crippen molar-refractivity contribution >= 4 is 15.7 Å². The molecule has 2 fully saturated rings. The molecule has 24 heavy (non-hydrogen) atoms. The van der Waals surface area contributed by atoms with E-state index in [0.29, 0.717) is 18.0 Å². The molecule has 0 saturated carbocycles. The van der Waals surface area contributed by atoms with Crippen LogP contribution in [0.2, 0.25) is 0 Å². The minimum atomic E-state index is -3.25. The van der Waals surface area contributed by atoms with Gasteiger partial charge < -0.3 is 9.80 Å². The first-order valence-corrected chi connectivity index (χ1v) is 10.4. The molecule has 1 aromatic carbocycles. The van der Waals surface area contributed by atoms with Gasteiger partial charge in [-0.25, -0.2) is 8.42 Å². The third-order valence-corrected chi connectivity index (χ3v) is 7.02. The molecule has 1 atom stereocenters. The maximum atomic E-state index is 12.7. The Morgan fingerprint density at radius 2 is 1.79 bits per heavy atom. The number of sulfone groups is 1. The molecule has 1 amide bonds. The Bertz CT molecular complexity index is 689. The van der Waals surface area contributed by atoms with Gasteiger partial charge in [0.2, 0.25) is 5.91 Å². The van der Waals surface area contributed by atoms with Crippen LogP contribution >= 0.6 is 0 Å². The van der Waals surface area contributed by atoms with Gasteiger partial charge in [-0.05, 0) is 37.9 Å². The third kappa shape index (κ3) is 3.35. The first-order valence-electron chi connectivity index (χ1n) is 8.76. The number of amides is 1. The summed E-state index contributed by atoms with van der Waals surface area (Å²) in [7, 11) is -3.25. The fourth-order valence-corrected chi connectivity index (χ4v) is 5.20. The molecule has 1 aromatic rings. The summed E-state index contributed by atoms with van der Waals surface area (Å²) >= 11 is 0. The number of rotatable bonds is 6. The van der Waals surface area contributed by atoms with Crippen LogP contribution in [0.15, 0.2) is 35.2 Å². The molecule has 0 radical (unpaired) electrons. The summed E-state index contributed by atoms with van der Waals surface area (Å²) in [6.45, 7) is 5.80. The Morgan fingerprint density at radius 1 is 1.08 bits per heavy atom. The second-order valence-corrected chi connectivity index (χ2v) is 9.09. The fraction of sp³-hybridized carbons (Fsp3) is 0.611. The van der Waals surface area contributed by atoms with Crippen LogP contribution in [0.1, 0.15) is 26.2 Å². The molecule has 0 aliphatic carbocycles. The highest BCUT2D eigenvalue weighted by molar-refractivity contribution is 7.91. The van der Waals surface area contributed by atoms with Crippen LogP contribution in [0.5, 0.6) is 0 Å². The quantitative estimate of drug-likeness (QED) is 0.785. The van der Waals surface area contributed by atoms with Crippen LogP contribution in [0.4, 0.5) is 0 Å². The van der Waals surface area contributed by atoms with Crippen molar-refractivity contribution in [2.24, 2.45) is 5.41 Å². The second-order valence-electron chi connectivity index (χ2n) is 6.98. The van der Waals surface area contributed by atoms with E-state index in [0.717, 1.165) is 38.9 Å². The van der Waals surface area contributed by atoms with Gasteiger partial charge in [0.1, 0.15) is 0 Å². The van der Waals surface area contributed by atoms with Gasteiger partial charge in [-0.2, -0.15) is 0 Å². The van der Waals surface area contributed by atoms with E-state index in [9.17, 15) is 13.2 Å². The molecule has 5 nitrogen and oxygen atoms in total. The van der Waals surface area contributed by atoms with Crippen molar-refractivity contribution in [3.8, 4) is 0 Å². The number of nitrogens with zero attached hydrogens (tertiary/aromatic N) is 2. The van der Waals surface area contributed by atoms with E-state index in [1.54, 1.807) is 24.3 Å². The van der Waals surface area contributed by atoms with Gasteiger partial charge in [-0.3, -0.25) is 4.79 Å². The number of carbonyl (C=O) groups excluding carboxylic acids is 1. The van der Waals surface area contributed by atoms with Gasteiger partial charge in [0.25, 0.3) is 0 Å². The molecule has 132 valence electrons. The van der Waals surface area contributed by atoms with Crippen molar-refractivity contribution < 1.29 is 13.2 Å². The van der Waals surface area contributed by atoms with Crippen molar-refractivity contribution in [1.29, 1.82) is 0 Å². The maximum Gasteiger partial charge on any atom is 0.230 e. The lowest BCUT2D eigenvalue weighted by atomic mass is 9.85. The molecule has 0 aromatic heterocycles. The van der Waals surface area contributed by atoms with Crippen LogP contribution in [-0.4, -0.2) is 62.6 Å². The van der Waals surface area contributed by atoms with Crippen LogP contribution in [0, 0.1) is 5.41 Å². The lowest BCUT2D eigenvalue weighted by Gasteiger charge is -2.23. The third-order valence-electron chi connectivity index (χ3n) is 5.31. The van der Waals surface area contributed by atoms with Gasteiger partial charge >= 0.3 is 0 Å². The largest absolute Gasteiger partial charge is 0.342 e. The normalized spacial score (nSPS) is 25.0. The molecule has 6 heteroatoms. The van der Waals surface area contributed by atoms with Crippen LogP contribution in [-0.2, 0) is 14.6 Å². The SMILES string of the molecule is CCCN1CCC2(CCN(CCS(=O)(=O)c3ccccc3)C2)C1=O. The Balaban J connectivity index is 1.58. The summed E-state index contributed by atoms with van der Waals surface area (Å²) < 4.78 is 24.8. The summed E-state index contributed by atoms with van der Waals surface area (Å²) in [4.78, 5) is 17.2. The summed E-state index contributed by atoms with van der Waals surface area (Å²) in [5.41, 5.74) is -0.258. The van der Waals surface area contributed by atoms with E-state index in [1.807, 2.05) is 11.0 Å². The van der Waals surface area contributed by atoms with Crippen molar-refractivity contribution in [1.82, 2.24) is 9.80 Å². The number of likely N-dealkylation sites (tertiary alicyclic amines) is 2. The van der Waals surface area contributed by atoms with E-state index in [4.69, 9.17) is 0 Å². The van der Waals surface area contributed by atoms with E-state index in [-0.39, 0.29) is 17.1 Å². The molecule has 3 rings (SSSR count). The topological polar surface area (TPSA) is 57.7 Å². The van der Waals surface area contributed by atoms with Gasteiger partial charge in [-0.1, -0.05) is 25.1 Å². The van der Waals surface area contributed by atoms with Crippen LogP contribution in [0.25, 0.3) is 0 Å². The number of hydrogen-bond acceptors (Lipinski definition) is 4. The van der Waals surface area contributed by atoms with Gasteiger partial charge in [0.05, 0.1) is 16.1 Å². The summed E-state index contributed by atoms with van der Waals surface area (Å²) in [5, 5.41) is 0. The number of carbonyl (C=O) groups is 1. The van der Waals surface area contributed by atoms with Crippen molar-refractivity contribution in [2.45, 2.75) is 31.1 Å². The number of benzene rings is 1. The standard InChI is InChI=1S/C18H26N2O3S/c1-2-10-20-12-9-18(17(20)21)8-11-19(15-18)13-14-24(22,23)16-6-4-3-5-7-16/h3-7H,2,8-15H2,1H3. The molecule has 2 saturated heterocycles.